The molecule has 4 rings (SSSR count). The Labute approximate surface area is 190 Å². The van der Waals surface area contributed by atoms with E-state index >= 15 is 0 Å². The van der Waals surface area contributed by atoms with Crippen molar-refractivity contribution in [3.8, 4) is 17.4 Å². The molecule has 1 aromatic carbocycles. The molecular formula is C23H23N3O5S. The molecule has 3 amide bonds. The molecule has 1 atom stereocenters. The Bertz CT molecular complexity index is 1090. The third-order valence-electron chi connectivity index (χ3n) is 5.37. The first-order valence-corrected chi connectivity index (χ1v) is 11.1. The first kappa shape index (κ1) is 21.9. The highest BCUT2D eigenvalue weighted by molar-refractivity contribution is 7.14. The van der Waals surface area contributed by atoms with Gasteiger partial charge in [0.25, 0.3) is 0 Å². The number of carbonyl (C=O) groups excluding carboxylic acids is 3. The van der Waals surface area contributed by atoms with Gasteiger partial charge in [0.05, 0.1) is 30.6 Å². The van der Waals surface area contributed by atoms with Crippen molar-refractivity contribution in [2.45, 2.75) is 25.8 Å². The lowest BCUT2D eigenvalue weighted by Gasteiger charge is -2.24. The molecule has 0 radical (unpaired) electrons. The number of terminal acetylenes is 1. The smallest absolute Gasteiger partial charge is 0.399 e. The summed E-state index contributed by atoms with van der Waals surface area (Å²) >= 11 is 1.20. The zero-order valence-corrected chi connectivity index (χ0v) is 18.4. The molecule has 0 aliphatic carbocycles. The van der Waals surface area contributed by atoms with Gasteiger partial charge in [-0.25, -0.2) is 4.79 Å². The summed E-state index contributed by atoms with van der Waals surface area (Å²) in [7, 11) is 0. The number of anilines is 2. The average molecular weight is 454 g/mol. The Morgan fingerprint density at radius 2 is 2.06 bits per heavy atom. The zero-order chi connectivity index (χ0) is 22.7. The summed E-state index contributed by atoms with van der Waals surface area (Å²) in [6.45, 7) is 3.68. The van der Waals surface area contributed by atoms with Gasteiger partial charge in [0.1, 0.15) is 0 Å². The number of benzene rings is 1. The molecule has 0 saturated carbocycles. The first-order valence-electron chi connectivity index (χ1n) is 10.3. The minimum atomic E-state index is -0.622. The Hall–Kier alpha value is -3.35. The van der Waals surface area contributed by atoms with Crippen LogP contribution in [-0.4, -0.2) is 50.3 Å². The number of rotatable bonds is 4. The minimum absolute atomic E-state index is 0.0264. The largest absolute Gasteiger partial charge is 0.413 e. The summed E-state index contributed by atoms with van der Waals surface area (Å²) in [6, 6.07) is 8.54. The molecule has 0 bridgehead atoms. The van der Waals surface area contributed by atoms with Gasteiger partial charge >= 0.3 is 6.09 Å². The molecule has 9 heteroatoms. The Balaban J connectivity index is 1.40. The van der Waals surface area contributed by atoms with Crippen LogP contribution in [0.1, 0.15) is 23.3 Å². The molecule has 32 heavy (non-hydrogen) atoms. The molecule has 2 aliphatic heterocycles. The fraction of sp³-hybridized carbons (Fsp3) is 0.348. The maximum Gasteiger partial charge on any atom is 0.413 e. The van der Waals surface area contributed by atoms with Gasteiger partial charge in [-0.15, -0.1) is 6.42 Å². The summed E-state index contributed by atoms with van der Waals surface area (Å²) in [5.41, 5.74) is 2.43. The fourth-order valence-corrected chi connectivity index (χ4v) is 4.50. The number of hydrogen-bond donors (Lipinski definition) is 1. The highest BCUT2D eigenvalue weighted by Gasteiger charge is 2.32. The van der Waals surface area contributed by atoms with Crippen LogP contribution in [0.25, 0.3) is 0 Å². The van der Waals surface area contributed by atoms with Crippen molar-refractivity contribution in [1.29, 1.82) is 0 Å². The van der Waals surface area contributed by atoms with Gasteiger partial charge in [0, 0.05) is 30.9 Å². The van der Waals surface area contributed by atoms with E-state index in [0.29, 0.717) is 42.7 Å². The molecule has 2 fully saturated rings. The van der Waals surface area contributed by atoms with Gasteiger partial charge in [0.2, 0.25) is 11.8 Å². The van der Waals surface area contributed by atoms with Gasteiger partial charge in [-0.05, 0) is 42.8 Å². The Morgan fingerprint density at radius 1 is 1.22 bits per heavy atom. The van der Waals surface area contributed by atoms with E-state index in [0.717, 1.165) is 16.9 Å². The van der Waals surface area contributed by atoms with E-state index in [2.05, 4.69) is 11.2 Å². The standard InChI is InChI=1S/C23H23N3O5S/c1-3-18-5-7-22(32-18)31-23(29)24-16-13-21(28)26(14-16)17-4-6-19(15(2)12-17)25-9-11-30-10-8-20(25)27/h1,4-7,12,16H,8-11,13-14H2,2H3,(H,24,29). The summed E-state index contributed by atoms with van der Waals surface area (Å²) in [4.78, 5) is 41.2. The number of carbonyl (C=O) groups is 3. The van der Waals surface area contributed by atoms with Crippen LogP contribution in [0, 0.1) is 19.3 Å². The van der Waals surface area contributed by atoms with E-state index in [1.165, 1.54) is 11.3 Å². The van der Waals surface area contributed by atoms with Gasteiger partial charge in [-0.2, -0.15) is 0 Å². The van der Waals surface area contributed by atoms with E-state index in [4.69, 9.17) is 15.9 Å². The van der Waals surface area contributed by atoms with Crippen LogP contribution < -0.4 is 19.9 Å². The van der Waals surface area contributed by atoms with Crippen LogP contribution in [0.2, 0.25) is 0 Å². The Morgan fingerprint density at radius 3 is 2.81 bits per heavy atom. The van der Waals surface area contributed by atoms with Crippen molar-refractivity contribution in [2.75, 3.05) is 36.1 Å². The zero-order valence-electron chi connectivity index (χ0n) is 17.6. The third kappa shape index (κ3) is 4.77. The number of amides is 3. The van der Waals surface area contributed by atoms with Crippen molar-refractivity contribution in [3.63, 3.8) is 0 Å². The molecule has 3 heterocycles. The van der Waals surface area contributed by atoms with Crippen LogP contribution in [0.3, 0.4) is 0 Å². The van der Waals surface area contributed by atoms with Gasteiger partial charge in [0.15, 0.2) is 5.06 Å². The maximum absolute atomic E-state index is 12.6. The second-order valence-electron chi connectivity index (χ2n) is 7.58. The summed E-state index contributed by atoms with van der Waals surface area (Å²) < 4.78 is 10.6. The first-order chi connectivity index (χ1) is 15.4. The summed E-state index contributed by atoms with van der Waals surface area (Å²) in [6.07, 6.45) is 5.23. The molecule has 1 N–H and O–H groups in total. The van der Waals surface area contributed by atoms with Crippen LogP contribution in [0.15, 0.2) is 30.3 Å². The van der Waals surface area contributed by atoms with Gasteiger partial charge in [-0.1, -0.05) is 17.3 Å². The average Bonchev–Trinajstić information content (AvgIpc) is 3.30. The monoisotopic (exact) mass is 453 g/mol. The quantitative estimate of drug-likeness (QED) is 0.720. The van der Waals surface area contributed by atoms with E-state index in [9.17, 15) is 14.4 Å². The lowest BCUT2D eigenvalue weighted by molar-refractivity contribution is -0.119. The van der Waals surface area contributed by atoms with Crippen molar-refractivity contribution in [1.82, 2.24) is 5.32 Å². The summed E-state index contributed by atoms with van der Waals surface area (Å²) in [5.74, 6) is 2.42. The molecule has 166 valence electrons. The van der Waals surface area contributed by atoms with Crippen molar-refractivity contribution >= 4 is 40.6 Å². The minimum Gasteiger partial charge on any atom is -0.399 e. The maximum atomic E-state index is 12.6. The highest BCUT2D eigenvalue weighted by Crippen LogP contribution is 2.29. The molecule has 0 spiro atoms. The van der Waals surface area contributed by atoms with E-state index < -0.39 is 6.09 Å². The van der Waals surface area contributed by atoms with E-state index in [1.807, 2.05) is 25.1 Å². The normalized spacial score (nSPS) is 18.9. The number of hydrogen-bond acceptors (Lipinski definition) is 6. The van der Waals surface area contributed by atoms with Crippen LogP contribution in [0.4, 0.5) is 16.2 Å². The van der Waals surface area contributed by atoms with Gasteiger partial charge in [-0.3, -0.25) is 9.59 Å². The lowest BCUT2D eigenvalue weighted by atomic mass is 10.1. The van der Waals surface area contributed by atoms with Crippen LogP contribution in [-0.2, 0) is 14.3 Å². The van der Waals surface area contributed by atoms with E-state index in [1.54, 1.807) is 21.9 Å². The second kappa shape index (κ2) is 9.42. The number of nitrogens with zero attached hydrogens (tertiary/aromatic N) is 2. The predicted octanol–water partition coefficient (Wildman–Crippen LogP) is 2.69. The third-order valence-corrected chi connectivity index (χ3v) is 6.26. The van der Waals surface area contributed by atoms with Crippen molar-refractivity contribution < 1.29 is 23.9 Å². The molecular weight excluding hydrogens is 430 g/mol. The van der Waals surface area contributed by atoms with Gasteiger partial charge < -0.3 is 24.6 Å². The predicted molar refractivity (Wildman–Crippen MR) is 121 cm³/mol. The van der Waals surface area contributed by atoms with Crippen LogP contribution in [0.5, 0.6) is 5.06 Å². The topological polar surface area (TPSA) is 88.2 Å². The fourth-order valence-electron chi connectivity index (χ4n) is 3.84. The molecule has 8 nitrogen and oxygen atoms in total. The molecule has 2 saturated heterocycles. The summed E-state index contributed by atoms with van der Waals surface area (Å²) in [5, 5.41) is 3.14. The van der Waals surface area contributed by atoms with Crippen molar-refractivity contribution in [3.05, 3.63) is 40.8 Å². The SMILES string of the molecule is C#Cc1ccc(OC(=O)NC2CC(=O)N(c3ccc(N4CCOCCC4=O)c(C)c3)C2)s1. The molecule has 2 aliphatic rings. The van der Waals surface area contributed by atoms with Crippen molar-refractivity contribution in [2.24, 2.45) is 0 Å². The number of thiophene rings is 1. The molecule has 2 aromatic rings. The number of ether oxygens (including phenoxy) is 2. The second-order valence-corrected chi connectivity index (χ2v) is 8.63. The Kier molecular flexibility index (Phi) is 6.44. The molecule has 1 aromatic heterocycles. The number of nitrogens with one attached hydrogen (secondary N) is 1. The van der Waals surface area contributed by atoms with E-state index in [-0.39, 0.29) is 24.3 Å². The molecule has 1 unspecified atom stereocenters. The number of aryl methyl sites for hydroxylation is 1. The lowest BCUT2D eigenvalue weighted by Crippen LogP contribution is -2.38. The van der Waals surface area contributed by atoms with Crippen LogP contribution >= 0.6 is 11.3 Å². The highest BCUT2D eigenvalue weighted by atomic mass is 32.1.